The van der Waals surface area contributed by atoms with Crippen LogP contribution >= 0.6 is 11.3 Å². The molecule has 150 valence electrons. The number of thiazole rings is 1. The lowest BCUT2D eigenvalue weighted by molar-refractivity contribution is 0.0691. The number of hydrogen-bond donors (Lipinski definition) is 7. The first-order valence-electron chi connectivity index (χ1n) is 6.87. The summed E-state index contributed by atoms with van der Waals surface area (Å²) in [5.41, 5.74) is 7.23. The van der Waals surface area contributed by atoms with Gasteiger partial charge in [0.25, 0.3) is 10.0 Å². The van der Waals surface area contributed by atoms with Crippen molar-refractivity contribution >= 4 is 50.1 Å². The highest BCUT2D eigenvalue weighted by Gasteiger charge is 2.23. The average molecular weight is 435 g/mol. The number of benzene rings is 1. The van der Waals surface area contributed by atoms with Crippen LogP contribution in [0.4, 0.5) is 24.4 Å². The van der Waals surface area contributed by atoms with Crippen molar-refractivity contribution in [1.82, 2.24) is 15.8 Å². The van der Waals surface area contributed by atoms with Crippen LogP contribution in [0.5, 0.6) is 0 Å². The molecule has 0 saturated heterocycles. The molecule has 16 heteroatoms. The van der Waals surface area contributed by atoms with Crippen molar-refractivity contribution in [2.45, 2.75) is 4.90 Å². The maximum Gasteiger partial charge on any atom is 0.355 e. The van der Waals surface area contributed by atoms with Gasteiger partial charge in [0.05, 0.1) is 4.90 Å². The molecule has 0 aliphatic heterocycles. The smallest absolute Gasteiger partial charge is 0.355 e. The van der Waals surface area contributed by atoms with Crippen molar-refractivity contribution < 1.29 is 31.9 Å². The molecule has 0 atom stereocenters. The molecule has 0 fully saturated rings. The molecule has 1 heterocycles. The number of carbonyl (C=O) groups is 2. The number of carboxylic acid groups (broad SMARTS) is 1. The number of carboxylic acids is 1. The van der Waals surface area contributed by atoms with Crippen LogP contribution in [0.25, 0.3) is 0 Å². The second kappa shape index (κ2) is 8.01. The van der Waals surface area contributed by atoms with Crippen molar-refractivity contribution in [2.75, 3.05) is 10.0 Å². The molecule has 0 spiro atoms. The fraction of sp³-hybridized carbons (Fsp3) is 0. The Balaban J connectivity index is 2.22. The van der Waals surface area contributed by atoms with Gasteiger partial charge in [-0.3, -0.25) is 15.6 Å². The van der Waals surface area contributed by atoms with Gasteiger partial charge in [-0.2, -0.15) is 0 Å². The van der Waals surface area contributed by atoms with Gasteiger partial charge in [-0.25, -0.2) is 37.2 Å². The number of nitrogens with two attached hydrogens (primary N) is 1. The number of halogens is 2. The van der Waals surface area contributed by atoms with Gasteiger partial charge in [0, 0.05) is 5.38 Å². The Labute approximate surface area is 159 Å². The first kappa shape index (κ1) is 20.8. The normalized spacial score (nSPS) is 10.8. The van der Waals surface area contributed by atoms with Crippen LogP contribution in [0, 0.1) is 17.0 Å². The number of hydrazine groups is 1. The average Bonchev–Trinajstić information content (AvgIpc) is 3.04. The lowest BCUT2D eigenvalue weighted by Crippen LogP contribution is -2.46. The third-order valence-electron chi connectivity index (χ3n) is 2.82. The van der Waals surface area contributed by atoms with E-state index in [1.54, 1.807) is 10.7 Å². The summed E-state index contributed by atoms with van der Waals surface area (Å²) in [5.74, 6) is -4.85. The van der Waals surface area contributed by atoms with E-state index in [0.717, 1.165) is 5.38 Å². The molecule has 0 radical (unpaired) electrons. The quantitative estimate of drug-likeness (QED) is 0.199. The summed E-state index contributed by atoms with van der Waals surface area (Å²) in [6, 6.07) is -0.304. The van der Waals surface area contributed by atoms with Gasteiger partial charge in [0.15, 0.2) is 22.5 Å². The Kier molecular flexibility index (Phi) is 5.94. The minimum atomic E-state index is -4.50. The minimum Gasteiger partial charge on any atom is -0.476 e. The van der Waals surface area contributed by atoms with Gasteiger partial charge in [-0.15, -0.1) is 11.3 Å². The Morgan fingerprint density at radius 3 is 2.32 bits per heavy atom. The number of urea groups is 1. The van der Waals surface area contributed by atoms with E-state index >= 15 is 0 Å². The van der Waals surface area contributed by atoms with E-state index in [0.29, 0.717) is 23.5 Å². The number of hydrogen-bond acceptors (Lipinski definition) is 7. The van der Waals surface area contributed by atoms with E-state index in [4.69, 9.17) is 16.2 Å². The van der Waals surface area contributed by atoms with Crippen molar-refractivity contribution in [3.8, 4) is 0 Å². The molecule has 2 aromatic rings. The third-order valence-corrected chi connectivity index (χ3v) is 5.03. The summed E-state index contributed by atoms with van der Waals surface area (Å²) in [6.07, 6.45) is 0. The molecule has 0 saturated carbocycles. The molecule has 0 unspecified atom stereocenters. The molecule has 28 heavy (non-hydrogen) atoms. The highest BCUT2D eigenvalue weighted by atomic mass is 32.2. The second-order valence-corrected chi connectivity index (χ2v) is 7.37. The molecule has 1 aromatic heterocycles. The molecule has 0 aliphatic rings. The van der Waals surface area contributed by atoms with E-state index in [1.807, 2.05) is 10.1 Å². The van der Waals surface area contributed by atoms with Crippen molar-refractivity contribution in [3.63, 3.8) is 0 Å². The monoisotopic (exact) mass is 435 g/mol. The lowest BCUT2D eigenvalue weighted by Gasteiger charge is -2.11. The van der Waals surface area contributed by atoms with E-state index in [-0.39, 0.29) is 5.13 Å². The molecule has 2 rings (SSSR count). The fourth-order valence-corrected chi connectivity index (χ4v) is 3.65. The predicted molar refractivity (Wildman–Crippen MR) is 93.4 cm³/mol. The van der Waals surface area contributed by atoms with Crippen LogP contribution < -0.4 is 26.6 Å². The van der Waals surface area contributed by atoms with Crippen LogP contribution in [-0.4, -0.2) is 36.5 Å². The Morgan fingerprint density at radius 1 is 1.21 bits per heavy atom. The van der Waals surface area contributed by atoms with E-state index in [2.05, 4.69) is 4.98 Å². The molecular formula is C12H11F2N7O5S2. The number of aromatic nitrogens is 1. The fourth-order valence-electron chi connectivity index (χ4n) is 1.69. The largest absolute Gasteiger partial charge is 0.476 e. The highest BCUT2D eigenvalue weighted by molar-refractivity contribution is 7.93. The number of anilines is 2. The zero-order valence-electron chi connectivity index (χ0n) is 13.4. The number of rotatable bonds is 5. The first-order chi connectivity index (χ1) is 13.0. The van der Waals surface area contributed by atoms with Gasteiger partial charge in [-0.1, -0.05) is 0 Å². The minimum absolute atomic E-state index is 0.324. The summed E-state index contributed by atoms with van der Waals surface area (Å²) in [7, 11) is -4.50. The predicted octanol–water partition coefficient (Wildman–Crippen LogP) is 0.440. The van der Waals surface area contributed by atoms with Gasteiger partial charge in [0.2, 0.25) is 5.96 Å². The van der Waals surface area contributed by atoms with E-state index in [1.165, 1.54) is 0 Å². The van der Waals surface area contributed by atoms with Crippen LogP contribution in [0.1, 0.15) is 10.5 Å². The summed E-state index contributed by atoms with van der Waals surface area (Å²) in [6.45, 7) is 0. The van der Waals surface area contributed by atoms with E-state index < -0.39 is 55.9 Å². The van der Waals surface area contributed by atoms with Gasteiger partial charge >= 0.3 is 12.0 Å². The maximum atomic E-state index is 14.1. The maximum absolute atomic E-state index is 14.1. The number of aromatic carboxylic acids is 1. The number of sulfonamides is 1. The molecular weight excluding hydrogens is 424 g/mol. The topological polar surface area (TPSA) is 199 Å². The Morgan fingerprint density at radius 2 is 1.82 bits per heavy atom. The zero-order valence-corrected chi connectivity index (χ0v) is 15.0. The van der Waals surface area contributed by atoms with Crippen LogP contribution in [-0.2, 0) is 10.0 Å². The molecule has 12 nitrogen and oxygen atoms in total. The Hall–Kier alpha value is -3.53. The second-order valence-electron chi connectivity index (χ2n) is 4.83. The first-order valence-corrected chi connectivity index (χ1v) is 9.23. The number of nitrogens with one attached hydrogen (secondary N) is 5. The van der Waals surface area contributed by atoms with Gasteiger partial charge in [-0.05, 0) is 12.1 Å². The standard InChI is InChI=1S/C12H11F2N7O5S2/c13-5-1-4(2-6(14)8(5)18-11(24)20-19-10(15)16)28(25,26)21-12-17-7(3-27-12)9(22)23/h1-3H,(H,17,21)(H,22,23)(H4,15,16,19)(H2,18,20,24). The summed E-state index contributed by atoms with van der Waals surface area (Å²) >= 11 is 0.658. The molecule has 1 aromatic carbocycles. The number of carbonyl (C=O) groups excluding carboxylic acids is 1. The van der Waals surface area contributed by atoms with Crippen molar-refractivity contribution in [1.29, 1.82) is 5.41 Å². The molecule has 8 N–H and O–H groups in total. The van der Waals surface area contributed by atoms with Crippen molar-refractivity contribution in [3.05, 3.63) is 34.8 Å². The summed E-state index contributed by atoms with van der Waals surface area (Å²) in [4.78, 5) is 24.9. The molecule has 0 bridgehead atoms. The summed E-state index contributed by atoms with van der Waals surface area (Å²) < 4.78 is 54.5. The van der Waals surface area contributed by atoms with Crippen LogP contribution in [0.3, 0.4) is 0 Å². The van der Waals surface area contributed by atoms with E-state index in [9.17, 15) is 26.8 Å². The lowest BCUT2D eigenvalue weighted by atomic mass is 10.3. The summed E-state index contributed by atoms with van der Waals surface area (Å²) in [5, 5.41) is 18.1. The molecule has 2 amide bonds. The SMILES string of the molecule is N=C(N)NNC(=O)Nc1c(F)cc(S(=O)(=O)Nc2nc(C(=O)O)cs2)cc1F. The third kappa shape index (κ3) is 5.01. The van der Waals surface area contributed by atoms with Gasteiger partial charge < -0.3 is 16.2 Å². The highest BCUT2D eigenvalue weighted by Crippen LogP contribution is 2.26. The Bertz CT molecular complexity index is 1030. The number of guanidine groups is 1. The zero-order chi connectivity index (χ0) is 21.1. The number of amides is 2. The van der Waals surface area contributed by atoms with Gasteiger partial charge in [0.1, 0.15) is 5.69 Å². The molecule has 0 aliphatic carbocycles. The van der Waals surface area contributed by atoms with Crippen molar-refractivity contribution in [2.24, 2.45) is 5.73 Å². The number of nitrogens with zero attached hydrogens (tertiary/aromatic N) is 1. The van der Waals surface area contributed by atoms with Crippen LogP contribution in [0.2, 0.25) is 0 Å². The van der Waals surface area contributed by atoms with Crippen LogP contribution in [0.15, 0.2) is 22.4 Å².